The lowest BCUT2D eigenvalue weighted by Crippen LogP contribution is -2.05. The summed E-state index contributed by atoms with van der Waals surface area (Å²) in [4.78, 5) is 18.8. The third-order valence-corrected chi connectivity index (χ3v) is 11.2. The molecule has 0 saturated carbocycles. The molecule has 8 aromatic carbocycles. The summed E-state index contributed by atoms with van der Waals surface area (Å²) in [7, 11) is 0. The van der Waals surface area contributed by atoms with Crippen molar-refractivity contribution in [3.8, 4) is 91.4 Å². The summed E-state index contributed by atoms with van der Waals surface area (Å²) in [6.45, 7) is 7.80. The van der Waals surface area contributed by atoms with Gasteiger partial charge in [0.15, 0.2) is 23.2 Å². The molecular weight excluding hydrogens is 773 g/mol. The minimum Gasteiger partial charge on any atom is -0.308 e. The van der Waals surface area contributed by atoms with Crippen molar-refractivity contribution in [3.63, 3.8) is 0 Å². The maximum atomic E-state index is 10.8. The zero-order valence-corrected chi connectivity index (χ0v) is 33.4. The lowest BCUT2D eigenvalue weighted by molar-refractivity contribution is 1.07. The van der Waals surface area contributed by atoms with Crippen molar-refractivity contribution < 1.29 is 0 Å². The van der Waals surface area contributed by atoms with Gasteiger partial charge in [-0.1, -0.05) is 133 Å². The quantitative estimate of drug-likeness (QED) is 0.148. The average Bonchev–Trinajstić information content (AvgIpc) is 3.69. The third kappa shape index (κ3) is 6.79. The largest absolute Gasteiger partial charge is 0.308 e. The van der Waals surface area contributed by atoms with Crippen molar-refractivity contribution in [2.24, 2.45) is 0 Å². The van der Waals surface area contributed by atoms with Crippen molar-refractivity contribution in [1.82, 2.24) is 19.5 Å². The van der Waals surface area contributed by atoms with Crippen LogP contribution in [-0.4, -0.2) is 19.5 Å². The second-order valence-electron chi connectivity index (χ2n) is 14.8. The molecule has 0 bridgehead atoms. The number of aromatic nitrogens is 4. The van der Waals surface area contributed by atoms with Gasteiger partial charge in [-0.15, -0.1) is 0 Å². The van der Waals surface area contributed by atoms with E-state index in [0.29, 0.717) is 73.4 Å². The summed E-state index contributed by atoms with van der Waals surface area (Å²) in [5, 5.41) is 33.5. The molecule has 0 radical (unpaired) electrons. The molecule has 10 aromatic rings. The van der Waals surface area contributed by atoms with Crippen LogP contribution in [-0.2, 0) is 0 Å². The van der Waals surface area contributed by atoms with E-state index >= 15 is 0 Å². The lowest BCUT2D eigenvalue weighted by Gasteiger charge is -2.22. The number of hydrogen-bond donors (Lipinski definition) is 0. The molecule has 10 rings (SSSR count). The highest BCUT2D eigenvalue weighted by molar-refractivity contribution is 6.12. The topological polar surface area (TPSA) is 119 Å². The molecule has 8 nitrogen and oxygen atoms in total. The molecule has 2 heterocycles. The summed E-state index contributed by atoms with van der Waals surface area (Å²) in [5.74, 6) is 1.31. The molecule has 0 fully saturated rings. The highest BCUT2D eigenvalue weighted by atomic mass is 15.0. The first-order chi connectivity index (χ1) is 31.0. The Morgan fingerprint density at radius 3 is 1.52 bits per heavy atom. The van der Waals surface area contributed by atoms with Gasteiger partial charge in [0.05, 0.1) is 52.6 Å². The Morgan fingerprint density at radius 2 is 0.937 bits per heavy atom. The molecule has 0 spiro atoms. The first-order valence-electron chi connectivity index (χ1n) is 20.1. The highest BCUT2D eigenvalue weighted by Crippen LogP contribution is 2.46. The molecule has 0 amide bonds. The van der Waals surface area contributed by atoms with Crippen LogP contribution in [0.4, 0.5) is 5.69 Å². The highest BCUT2D eigenvalue weighted by Gasteiger charge is 2.26. The Kier molecular flexibility index (Phi) is 9.56. The van der Waals surface area contributed by atoms with E-state index in [2.05, 4.69) is 70.1 Å². The third-order valence-electron chi connectivity index (χ3n) is 11.2. The van der Waals surface area contributed by atoms with Gasteiger partial charge in [-0.2, -0.15) is 15.8 Å². The van der Waals surface area contributed by atoms with Gasteiger partial charge in [0.25, 0.3) is 0 Å². The molecule has 0 aliphatic rings. The molecule has 0 aliphatic carbocycles. The number of benzene rings is 8. The van der Waals surface area contributed by atoms with Crippen molar-refractivity contribution in [2.45, 2.75) is 0 Å². The van der Waals surface area contributed by atoms with Crippen LogP contribution in [0.1, 0.15) is 16.7 Å². The van der Waals surface area contributed by atoms with Crippen LogP contribution in [0.2, 0.25) is 0 Å². The second-order valence-corrected chi connectivity index (χ2v) is 14.8. The maximum absolute atomic E-state index is 10.8. The Balaban J connectivity index is 1.37. The molecule has 0 aliphatic heterocycles. The molecule has 0 saturated heterocycles. The van der Waals surface area contributed by atoms with Gasteiger partial charge in [-0.05, 0) is 65.2 Å². The molecule has 2 aromatic heterocycles. The van der Waals surface area contributed by atoms with E-state index in [1.54, 1.807) is 30.3 Å². The Hall–Kier alpha value is -9.47. The van der Waals surface area contributed by atoms with Gasteiger partial charge in [0, 0.05) is 49.7 Å². The fraction of sp³-hybridized carbons (Fsp3) is 0. The van der Waals surface area contributed by atoms with Gasteiger partial charge < -0.3 is 4.57 Å². The Bertz CT molecular complexity index is 3450. The molecule has 8 heteroatoms. The molecule has 0 unspecified atom stereocenters. The number of fused-ring (bicyclic) bond motifs is 3. The van der Waals surface area contributed by atoms with Crippen molar-refractivity contribution >= 4 is 27.5 Å². The monoisotopic (exact) mass is 802 g/mol. The number of nitrogens with zero attached hydrogens (tertiary/aromatic N) is 8. The van der Waals surface area contributed by atoms with E-state index in [-0.39, 0.29) is 0 Å². The van der Waals surface area contributed by atoms with E-state index in [1.807, 2.05) is 109 Å². The van der Waals surface area contributed by atoms with Crippen LogP contribution >= 0.6 is 0 Å². The van der Waals surface area contributed by atoms with Crippen LogP contribution in [0.15, 0.2) is 182 Å². The first kappa shape index (κ1) is 37.8. The van der Waals surface area contributed by atoms with Crippen LogP contribution in [0, 0.1) is 40.6 Å². The van der Waals surface area contributed by atoms with Crippen molar-refractivity contribution in [2.75, 3.05) is 0 Å². The summed E-state index contributed by atoms with van der Waals surface area (Å²) < 4.78 is 2.19. The van der Waals surface area contributed by atoms with Crippen LogP contribution in [0.25, 0.3) is 99.9 Å². The zero-order valence-electron chi connectivity index (χ0n) is 33.4. The molecule has 290 valence electrons. The van der Waals surface area contributed by atoms with E-state index in [9.17, 15) is 15.8 Å². The van der Waals surface area contributed by atoms with Gasteiger partial charge in [-0.25, -0.2) is 19.8 Å². The predicted octanol–water partition coefficient (Wildman–Crippen LogP) is 13.1. The normalized spacial score (nSPS) is 10.8. The summed E-state index contributed by atoms with van der Waals surface area (Å²) in [6.07, 6.45) is 0. The first-order valence-corrected chi connectivity index (χ1v) is 20.1. The SMILES string of the molecule is [C-]#[N+]c1ccc(-c2cc(-c3nc(-c4ccccc4)nc(-c4ccccc4)n3)cc(-c3ccc(C#N)cc3C#N)c2-n2c3ccccc3c3cc(-c4ccccc4)ccc32)c(C#N)c1. The molecular formula is C55H30N8. The lowest BCUT2D eigenvalue weighted by atomic mass is 9.88. The number of hydrogen-bond acceptors (Lipinski definition) is 6. The van der Waals surface area contributed by atoms with Crippen molar-refractivity contribution in [1.29, 1.82) is 15.8 Å². The Morgan fingerprint density at radius 1 is 0.413 bits per heavy atom. The minimum atomic E-state index is 0.292. The molecule has 0 N–H and O–H groups in total. The van der Waals surface area contributed by atoms with Crippen LogP contribution in [0.5, 0.6) is 0 Å². The second kappa shape index (κ2) is 15.9. The van der Waals surface area contributed by atoms with E-state index in [0.717, 1.165) is 44.1 Å². The van der Waals surface area contributed by atoms with Crippen molar-refractivity contribution in [3.05, 3.63) is 210 Å². The maximum Gasteiger partial charge on any atom is 0.188 e. The van der Waals surface area contributed by atoms with Gasteiger partial charge >= 0.3 is 0 Å². The number of rotatable bonds is 7. The summed E-state index contributed by atoms with van der Waals surface area (Å²) >= 11 is 0. The summed E-state index contributed by atoms with van der Waals surface area (Å²) in [6, 6.07) is 65.4. The Labute approximate surface area is 363 Å². The van der Waals surface area contributed by atoms with E-state index < -0.39 is 0 Å². The van der Waals surface area contributed by atoms with Gasteiger partial charge in [0.1, 0.15) is 0 Å². The summed E-state index contributed by atoms with van der Waals surface area (Å²) in [5.41, 5.74) is 10.5. The zero-order chi connectivity index (χ0) is 42.9. The van der Waals surface area contributed by atoms with Gasteiger partial charge in [-0.3, -0.25) is 0 Å². The number of nitriles is 3. The standard InChI is InChI=1S/C55H30N8/c1-59-43-23-25-45(42(28-43)34-58)49-31-40(55-61-53(37-15-7-3-8-16-37)60-54(62-55)38-17-9-4-10-18-38)30-48(44-24-21-35(32-56)27-41(44)33-57)52(49)63-50-20-12-11-19-46(50)47-29-39(22-26-51(47)63)36-13-5-2-6-14-36/h2-31H. The van der Waals surface area contributed by atoms with Crippen LogP contribution in [0.3, 0.4) is 0 Å². The predicted molar refractivity (Wildman–Crippen MR) is 247 cm³/mol. The van der Waals surface area contributed by atoms with Gasteiger partial charge in [0.2, 0.25) is 0 Å². The molecule has 63 heavy (non-hydrogen) atoms. The number of para-hydroxylation sites is 1. The van der Waals surface area contributed by atoms with E-state index in [4.69, 9.17) is 21.5 Å². The fourth-order valence-corrected chi connectivity index (χ4v) is 8.25. The molecule has 0 atom stereocenters. The van der Waals surface area contributed by atoms with Crippen LogP contribution < -0.4 is 0 Å². The smallest absolute Gasteiger partial charge is 0.188 e. The average molecular weight is 803 g/mol. The minimum absolute atomic E-state index is 0.292. The fourth-order valence-electron chi connectivity index (χ4n) is 8.25. The van der Waals surface area contributed by atoms with E-state index in [1.165, 1.54) is 0 Å².